The van der Waals surface area contributed by atoms with E-state index in [4.69, 9.17) is 0 Å². The van der Waals surface area contributed by atoms with Gasteiger partial charge in [-0.15, -0.1) is 0 Å². The van der Waals surface area contributed by atoms with Crippen LogP contribution in [-0.2, 0) is 23.1 Å². The zero-order chi connectivity index (χ0) is 21.6. The van der Waals surface area contributed by atoms with Crippen LogP contribution in [0.5, 0.6) is 0 Å². The molecule has 1 aliphatic heterocycles. The molecule has 0 aromatic heterocycles. The first-order valence-electron chi connectivity index (χ1n) is 10.2. The van der Waals surface area contributed by atoms with E-state index in [1.54, 1.807) is 25.2 Å². The summed E-state index contributed by atoms with van der Waals surface area (Å²) in [5, 5.41) is 6.80. The number of aliphatic imine (C=N–C) groups is 1. The van der Waals surface area contributed by atoms with Crippen LogP contribution in [0.4, 0.5) is 0 Å². The van der Waals surface area contributed by atoms with Crippen LogP contribution in [0.3, 0.4) is 0 Å². The van der Waals surface area contributed by atoms with E-state index in [0.29, 0.717) is 18.6 Å². The molecule has 2 aromatic carbocycles. The number of nitrogens with zero attached hydrogens (tertiary/aromatic N) is 2. The van der Waals surface area contributed by atoms with Crippen LogP contribution in [0.1, 0.15) is 24.5 Å². The molecule has 0 amide bonds. The van der Waals surface area contributed by atoms with E-state index >= 15 is 0 Å². The molecule has 2 atom stereocenters. The largest absolute Gasteiger partial charge is 0.352 e. The van der Waals surface area contributed by atoms with E-state index < -0.39 is 10.0 Å². The summed E-state index contributed by atoms with van der Waals surface area (Å²) in [4.78, 5) is 7.07. The number of sulfonamides is 1. The third-order valence-corrected chi connectivity index (χ3v) is 6.85. The maximum Gasteiger partial charge on any atom is 0.240 e. The molecule has 3 N–H and O–H groups in total. The lowest BCUT2D eigenvalue weighted by atomic mass is 10.2. The third-order valence-electron chi connectivity index (χ3n) is 5.43. The summed E-state index contributed by atoms with van der Waals surface area (Å²) in [6.07, 6.45) is 1.05. The molecule has 2 unspecified atom stereocenters. The van der Waals surface area contributed by atoms with Gasteiger partial charge in [0.2, 0.25) is 10.0 Å². The smallest absolute Gasteiger partial charge is 0.240 e. The van der Waals surface area contributed by atoms with E-state index in [1.807, 2.05) is 12.1 Å². The van der Waals surface area contributed by atoms with Gasteiger partial charge in [-0.05, 0) is 43.7 Å². The fraction of sp³-hybridized carbons (Fsp3) is 0.409. The molecule has 0 radical (unpaired) electrons. The molecule has 0 aliphatic carbocycles. The molecule has 1 aliphatic rings. The summed E-state index contributed by atoms with van der Waals surface area (Å²) in [5.74, 6) is 0.718. The summed E-state index contributed by atoms with van der Waals surface area (Å²) in [6.45, 7) is 4.64. The molecule has 1 saturated heterocycles. The molecular formula is C22H31N5O2S. The van der Waals surface area contributed by atoms with E-state index in [0.717, 1.165) is 31.0 Å². The normalized spacial score (nSPS) is 20.3. The molecule has 2 aromatic rings. The molecule has 7 nitrogen and oxygen atoms in total. The SMILES string of the molecule is CN=C(NCc1cccc(S(=O)(=O)NC)c1)NC1CC(C)N(Cc2ccccc2)C1. The van der Waals surface area contributed by atoms with Crippen molar-refractivity contribution >= 4 is 16.0 Å². The summed E-state index contributed by atoms with van der Waals surface area (Å²) in [6, 6.07) is 18.2. The van der Waals surface area contributed by atoms with E-state index in [1.165, 1.54) is 12.6 Å². The molecule has 1 fully saturated rings. The summed E-state index contributed by atoms with van der Waals surface area (Å²) >= 11 is 0. The minimum atomic E-state index is -3.45. The van der Waals surface area contributed by atoms with Crippen molar-refractivity contribution in [3.63, 3.8) is 0 Å². The zero-order valence-electron chi connectivity index (χ0n) is 17.8. The quantitative estimate of drug-likeness (QED) is 0.463. The Hall–Kier alpha value is -2.42. The second-order valence-corrected chi connectivity index (χ2v) is 9.51. The second kappa shape index (κ2) is 10.1. The average molecular weight is 430 g/mol. The summed E-state index contributed by atoms with van der Waals surface area (Å²) in [5.41, 5.74) is 2.20. The fourth-order valence-corrected chi connectivity index (χ4v) is 4.56. The maximum atomic E-state index is 12.0. The minimum absolute atomic E-state index is 0.258. The lowest BCUT2D eigenvalue weighted by molar-refractivity contribution is 0.258. The van der Waals surface area contributed by atoms with Gasteiger partial charge in [0, 0.05) is 38.8 Å². The van der Waals surface area contributed by atoms with Crippen molar-refractivity contribution in [3.05, 3.63) is 65.7 Å². The predicted molar refractivity (Wildman–Crippen MR) is 121 cm³/mol. The zero-order valence-corrected chi connectivity index (χ0v) is 18.6. The van der Waals surface area contributed by atoms with Crippen molar-refractivity contribution in [2.45, 2.75) is 43.4 Å². The van der Waals surface area contributed by atoms with E-state index in [2.05, 4.69) is 56.4 Å². The third kappa shape index (κ3) is 5.81. The summed E-state index contributed by atoms with van der Waals surface area (Å²) in [7, 11) is -0.291. The Morgan fingerprint density at radius 3 is 2.57 bits per heavy atom. The van der Waals surface area contributed by atoms with Crippen LogP contribution in [0.2, 0.25) is 0 Å². The minimum Gasteiger partial charge on any atom is -0.352 e. The maximum absolute atomic E-state index is 12.0. The second-order valence-electron chi connectivity index (χ2n) is 7.62. The van der Waals surface area contributed by atoms with Gasteiger partial charge >= 0.3 is 0 Å². The van der Waals surface area contributed by atoms with Crippen molar-refractivity contribution in [3.8, 4) is 0 Å². The number of likely N-dealkylation sites (tertiary alicyclic amines) is 1. The fourth-order valence-electron chi connectivity index (χ4n) is 3.76. The molecule has 0 saturated carbocycles. The number of hydrogen-bond donors (Lipinski definition) is 3. The Morgan fingerprint density at radius 2 is 1.87 bits per heavy atom. The highest BCUT2D eigenvalue weighted by atomic mass is 32.2. The van der Waals surface area contributed by atoms with Gasteiger partial charge in [0.1, 0.15) is 0 Å². The number of nitrogens with one attached hydrogen (secondary N) is 3. The Balaban J connectivity index is 1.55. The molecule has 0 spiro atoms. The standard InChI is InChI=1S/C22H31N5O2S/c1-17-12-20(16-27(17)15-18-8-5-4-6-9-18)26-22(23-2)25-14-19-10-7-11-21(13-19)30(28,29)24-3/h4-11,13,17,20,24H,12,14-16H2,1-3H3,(H2,23,25,26). The van der Waals surface area contributed by atoms with Gasteiger partial charge in [0.25, 0.3) is 0 Å². The van der Waals surface area contributed by atoms with Crippen molar-refractivity contribution < 1.29 is 8.42 Å². The highest BCUT2D eigenvalue weighted by molar-refractivity contribution is 7.89. The molecular weight excluding hydrogens is 398 g/mol. The molecule has 8 heteroatoms. The lowest BCUT2D eigenvalue weighted by Gasteiger charge is -2.21. The highest BCUT2D eigenvalue weighted by Gasteiger charge is 2.29. The Kier molecular flexibility index (Phi) is 7.47. The van der Waals surface area contributed by atoms with Crippen molar-refractivity contribution in [1.29, 1.82) is 0 Å². The van der Waals surface area contributed by atoms with Crippen LogP contribution in [0, 0.1) is 0 Å². The first kappa shape index (κ1) is 22.3. The number of hydrogen-bond acceptors (Lipinski definition) is 4. The first-order chi connectivity index (χ1) is 14.4. The Labute approximate surface area is 179 Å². The number of guanidine groups is 1. The molecule has 162 valence electrons. The Morgan fingerprint density at radius 1 is 1.13 bits per heavy atom. The molecule has 0 bridgehead atoms. The van der Waals surface area contributed by atoms with Crippen LogP contribution >= 0.6 is 0 Å². The number of rotatable bonds is 7. The predicted octanol–water partition coefficient (Wildman–Crippen LogP) is 1.92. The number of benzene rings is 2. The van der Waals surface area contributed by atoms with Gasteiger partial charge in [-0.3, -0.25) is 9.89 Å². The van der Waals surface area contributed by atoms with E-state index in [9.17, 15) is 8.42 Å². The first-order valence-corrected chi connectivity index (χ1v) is 11.7. The van der Waals surface area contributed by atoms with Crippen molar-refractivity contribution in [1.82, 2.24) is 20.3 Å². The monoisotopic (exact) mass is 429 g/mol. The lowest BCUT2D eigenvalue weighted by Crippen LogP contribution is -2.44. The molecule has 3 rings (SSSR count). The van der Waals surface area contributed by atoms with Gasteiger partial charge < -0.3 is 10.6 Å². The van der Waals surface area contributed by atoms with E-state index in [-0.39, 0.29) is 4.90 Å². The molecule has 30 heavy (non-hydrogen) atoms. The Bertz CT molecular complexity index is 963. The van der Waals surface area contributed by atoms with Crippen molar-refractivity contribution in [2.75, 3.05) is 20.6 Å². The molecule has 1 heterocycles. The topological polar surface area (TPSA) is 85.8 Å². The van der Waals surface area contributed by atoms with Gasteiger partial charge in [-0.2, -0.15) is 0 Å². The summed E-state index contributed by atoms with van der Waals surface area (Å²) < 4.78 is 26.3. The van der Waals surface area contributed by atoms with Crippen molar-refractivity contribution in [2.24, 2.45) is 4.99 Å². The van der Waals surface area contributed by atoms with Crippen LogP contribution in [0.15, 0.2) is 64.5 Å². The van der Waals surface area contributed by atoms with Gasteiger partial charge in [0.05, 0.1) is 4.90 Å². The van der Waals surface area contributed by atoms with Gasteiger partial charge in [-0.1, -0.05) is 42.5 Å². The highest BCUT2D eigenvalue weighted by Crippen LogP contribution is 2.20. The van der Waals surface area contributed by atoms with Crippen LogP contribution in [-0.4, -0.2) is 52.0 Å². The van der Waals surface area contributed by atoms with Gasteiger partial charge in [-0.25, -0.2) is 13.1 Å². The van der Waals surface area contributed by atoms with Crippen LogP contribution in [0.25, 0.3) is 0 Å². The average Bonchev–Trinajstić information content (AvgIpc) is 3.10. The van der Waals surface area contributed by atoms with Gasteiger partial charge in [0.15, 0.2) is 5.96 Å². The van der Waals surface area contributed by atoms with Crippen LogP contribution < -0.4 is 15.4 Å².